The van der Waals surface area contributed by atoms with Gasteiger partial charge in [-0.05, 0) is 0 Å². The highest BCUT2D eigenvalue weighted by Crippen LogP contribution is 1.92. The van der Waals surface area contributed by atoms with Crippen LogP contribution in [0.5, 0.6) is 0 Å². The minimum atomic E-state index is -0.622. The number of nitrogens with one attached hydrogen (secondary N) is 1. The van der Waals surface area contributed by atoms with Crippen molar-refractivity contribution in [2.45, 2.75) is 0 Å². The van der Waals surface area contributed by atoms with E-state index < -0.39 is 16.0 Å². The normalized spacial score (nSPS) is 18.6. The molecule has 1 fully saturated rings. The van der Waals surface area contributed by atoms with Crippen LogP contribution in [0.25, 0.3) is 0 Å². The summed E-state index contributed by atoms with van der Waals surface area (Å²) in [6.45, 7) is -0.0201. The highest BCUT2D eigenvalue weighted by atomic mass is 28.2. The van der Waals surface area contributed by atoms with Crippen molar-refractivity contribution in [3.05, 3.63) is 0 Å². The molecule has 2 N–H and O–H groups in total. The Balaban J connectivity index is 2.58. The molecule has 0 aromatic rings. The summed E-state index contributed by atoms with van der Waals surface area (Å²) in [6.07, 6.45) is 0. The second kappa shape index (κ2) is 2.15. The van der Waals surface area contributed by atoms with E-state index in [-0.39, 0.29) is 12.5 Å². The van der Waals surface area contributed by atoms with Gasteiger partial charge in [0.2, 0.25) is 5.91 Å². The van der Waals surface area contributed by atoms with Crippen LogP contribution in [-0.2, 0) is 4.79 Å². The standard InChI is InChI=1S/C3H4N2O3Si/c6-2-1-5(9-8)3(7)4-2/h8H,1H2,(H,4,6,7). The van der Waals surface area contributed by atoms with Crippen molar-refractivity contribution in [2.75, 3.05) is 6.54 Å². The zero-order valence-electron chi connectivity index (χ0n) is 4.42. The second-order valence-corrected chi connectivity index (χ2v) is 2.28. The zero-order valence-corrected chi connectivity index (χ0v) is 5.42. The minimum Gasteiger partial charge on any atom is -0.414 e. The summed E-state index contributed by atoms with van der Waals surface area (Å²) in [7, 11) is -0.622. The topological polar surface area (TPSA) is 69.6 Å². The quantitative estimate of drug-likeness (QED) is 0.332. The Hall–Kier alpha value is -0.883. The van der Waals surface area contributed by atoms with Gasteiger partial charge < -0.3 is 9.36 Å². The van der Waals surface area contributed by atoms with Crippen LogP contribution in [-0.4, -0.2) is 37.8 Å². The van der Waals surface area contributed by atoms with Gasteiger partial charge in [0, 0.05) is 0 Å². The number of hydrogen-bond donors (Lipinski definition) is 2. The SMILES string of the molecule is O=C1CN([Si]O)C(=O)N1. The van der Waals surface area contributed by atoms with Gasteiger partial charge in [-0.3, -0.25) is 10.1 Å². The van der Waals surface area contributed by atoms with Crippen LogP contribution in [0.3, 0.4) is 0 Å². The number of urea groups is 1. The van der Waals surface area contributed by atoms with E-state index in [9.17, 15) is 9.59 Å². The molecule has 9 heavy (non-hydrogen) atoms. The van der Waals surface area contributed by atoms with Gasteiger partial charge in [-0.25, -0.2) is 4.79 Å². The largest absolute Gasteiger partial charge is 0.414 e. The van der Waals surface area contributed by atoms with Crippen molar-refractivity contribution in [2.24, 2.45) is 0 Å². The fourth-order valence-corrected chi connectivity index (χ4v) is 0.883. The molecule has 0 unspecified atom stereocenters. The van der Waals surface area contributed by atoms with Crippen molar-refractivity contribution in [1.29, 1.82) is 0 Å². The van der Waals surface area contributed by atoms with E-state index in [1.165, 1.54) is 0 Å². The maximum absolute atomic E-state index is 10.5. The monoisotopic (exact) mass is 144 g/mol. The molecule has 1 aliphatic heterocycles. The van der Waals surface area contributed by atoms with Gasteiger partial charge in [-0.2, -0.15) is 0 Å². The van der Waals surface area contributed by atoms with Gasteiger partial charge in [0.05, 0.1) is 6.54 Å². The number of rotatable bonds is 1. The lowest BCUT2D eigenvalue weighted by Crippen LogP contribution is -2.31. The first kappa shape index (κ1) is 6.24. The summed E-state index contributed by atoms with van der Waals surface area (Å²) in [6, 6.07) is -0.513. The third-order valence-electron chi connectivity index (χ3n) is 0.914. The van der Waals surface area contributed by atoms with Crippen LogP contribution in [0, 0.1) is 0 Å². The summed E-state index contributed by atoms with van der Waals surface area (Å²) >= 11 is 0. The first-order valence-electron chi connectivity index (χ1n) is 2.25. The molecule has 48 valence electrons. The number of hydrogen-bond acceptors (Lipinski definition) is 3. The van der Waals surface area contributed by atoms with Crippen molar-refractivity contribution < 1.29 is 14.4 Å². The molecule has 0 saturated carbocycles. The van der Waals surface area contributed by atoms with Gasteiger partial charge in [0.25, 0.3) is 0 Å². The predicted octanol–water partition coefficient (Wildman–Crippen LogP) is -1.94. The Labute approximate surface area is 53.7 Å². The van der Waals surface area contributed by atoms with E-state index in [4.69, 9.17) is 4.80 Å². The molecular weight excluding hydrogens is 140 g/mol. The van der Waals surface area contributed by atoms with Crippen LogP contribution < -0.4 is 5.32 Å². The molecule has 6 heteroatoms. The molecule has 1 saturated heterocycles. The summed E-state index contributed by atoms with van der Waals surface area (Å²) in [5, 5.41) is 2.01. The Morgan fingerprint density at radius 1 is 1.67 bits per heavy atom. The lowest BCUT2D eigenvalue weighted by molar-refractivity contribution is -0.118. The van der Waals surface area contributed by atoms with E-state index in [0.29, 0.717) is 0 Å². The molecule has 0 aliphatic carbocycles. The van der Waals surface area contributed by atoms with Crippen LogP contribution in [0.4, 0.5) is 4.79 Å². The lowest BCUT2D eigenvalue weighted by Gasteiger charge is -2.03. The molecular formula is C3H4N2O3Si. The lowest BCUT2D eigenvalue weighted by atomic mass is 10.7. The van der Waals surface area contributed by atoms with E-state index in [1.807, 2.05) is 5.32 Å². The van der Waals surface area contributed by atoms with Crippen molar-refractivity contribution in [3.63, 3.8) is 0 Å². The van der Waals surface area contributed by atoms with E-state index in [0.717, 1.165) is 4.57 Å². The van der Waals surface area contributed by atoms with Gasteiger partial charge >= 0.3 is 16.0 Å². The van der Waals surface area contributed by atoms with Gasteiger partial charge in [0.15, 0.2) is 0 Å². The number of nitrogens with zero attached hydrogens (tertiary/aromatic N) is 1. The Bertz CT molecular complexity index is 159. The number of imide groups is 1. The Morgan fingerprint density at radius 2 is 2.33 bits per heavy atom. The molecule has 1 rings (SSSR count). The number of carbonyl (C=O) groups excluding carboxylic acids is 2. The smallest absolute Gasteiger partial charge is 0.383 e. The molecule has 0 aromatic heterocycles. The van der Waals surface area contributed by atoms with Crippen molar-refractivity contribution >= 4 is 21.9 Å². The Kier molecular flexibility index (Phi) is 1.49. The molecule has 0 aromatic carbocycles. The molecule has 0 atom stereocenters. The molecule has 3 amide bonds. The van der Waals surface area contributed by atoms with Crippen LogP contribution in [0.1, 0.15) is 0 Å². The van der Waals surface area contributed by atoms with Crippen LogP contribution >= 0.6 is 0 Å². The summed E-state index contributed by atoms with van der Waals surface area (Å²) in [5.41, 5.74) is 0. The average molecular weight is 144 g/mol. The minimum absolute atomic E-state index is 0.0201. The predicted molar refractivity (Wildman–Crippen MR) is 28.2 cm³/mol. The number of amides is 3. The fourth-order valence-electron chi connectivity index (χ4n) is 0.522. The summed E-state index contributed by atoms with van der Waals surface area (Å²) < 4.78 is 1.03. The van der Waals surface area contributed by atoms with Crippen LogP contribution in [0.2, 0.25) is 0 Å². The summed E-state index contributed by atoms with van der Waals surface area (Å²) in [5.74, 6) is -0.360. The van der Waals surface area contributed by atoms with Crippen molar-refractivity contribution in [3.8, 4) is 0 Å². The maximum Gasteiger partial charge on any atom is 0.383 e. The molecule has 0 bridgehead atoms. The third-order valence-corrected chi connectivity index (χ3v) is 1.52. The van der Waals surface area contributed by atoms with Gasteiger partial charge in [-0.1, -0.05) is 0 Å². The highest BCUT2D eigenvalue weighted by molar-refractivity contribution is 6.31. The first-order valence-corrected chi connectivity index (χ1v) is 3.14. The maximum atomic E-state index is 10.5. The molecule has 1 heterocycles. The van der Waals surface area contributed by atoms with E-state index in [1.54, 1.807) is 0 Å². The van der Waals surface area contributed by atoms with E-state index in [2.05, 4.69) is 0 Å². The Morgan fingerprint density at radius 3 is 2.56 bits per heavy atom. The van der Waals surface area contributed by atoms with Crippen LogP contribution in [0.15, 0.2) is 0 Å². The zero-order chi connectivity index (χ0) is 6.85. The molecule has 1 aliphatic rings. The molecule has 0 spiro atoms. The van der Waals surface area contributed by atoms with Crippen molar-refractivity contribution in [1.82, 2.24) is 9.88 Å². The van der Waals surface area contributed by atoms with Gasteiger partial charge in [0.1, 0.15) is 0 Å². The highest BCUT2D eigenvalue weighted by Gasteiger charge is 2.26. The third kappa shape index (κ3) is 1.08. The van der Waals surface area contributed by atoms with Gasteiger partial charge in [-0.15, -0.1) is 0 Å². The second-order valence-electron chi connectivity index (χ2n) is 1.54. The average Bonchev–Trinajstić information content (AvgIpc) is 2.10. The summed E-state index contributed by atoms with van der Waals surface area (Å²) in [4.78, 5) is 29.2. The number of carbonyl (C=O) groups is 2. The molecule has 2 radical (unpaired) electrons. The van der Waals surface area contributed by atoms with E-state index >= 15 is 0 Å². The molecule has 5 nitrogen and oxygen atoms in total. The fraction of sp³-hybridized carbons (Fsp3) is 0.333. The first-order chi connectivity index (χ1) is 4.24.